The first-order chi connectivity index (χ1) is 17.0. The Morgan fingerprint density at radius 3 is 2.29 bits per heavy atom. The van der Waals surface area contributed by atoms with Crippen LogP contribution in [0.4, 0.5) is 5.69 Å². The van der Waals surface area contributed by atoms with Crippen molar-refractivity contribution in [2.75, 3.05) is 51.3 Å². The van der Waals surface area contributed by atoms with Crippen LogP contribution < -0.4 is 4.90 Å². The Balaban J connectivity index is 1.34. The summed E-state index contributed by atoms with van der Waals surface area (Å²) in [6.07, 6.45) is 4.12. The summed E-state index contributed by atoms with van der Waals surface area (Å²) in [5.41, 5.74) is 7.31. The van der Waals surface area contributed by atoms with Gasteiger partial charge in [0.25, 0.3) is 0 Å². The maximum Gasteiger partial charge on any atom is 0.186 e. The molecule has 1 saturated heterocycles. The van der Waals surface area contributed by atoms with Gasteiger partial charge in [-0.05, 0) is 53.9 Å². The first-order valence-electron chi connectivity index (χ1n) is 11.8. The number of imidazole rings is 1. The third kappa shape index (κ3) is 5.16. The molecule has 1 fully saturated rings. The van der Waals surface area contributed by atoms with Gasteiger partial charge in [0.1, 0.15) is 5.65 Å². The maximum atomic E-state index is 11.2. The van der Waals surface area contributed by atoms with Crippen LogP contribution in [-0.4, -0.2) is 69.5 Å². The molecule has 4 aromatic rings. The Morgan fingerprint density at radius 2 is 1.63 bits per heavy atom. The lowest BCUT2D eigenvalue weighted by molar-refractivity contribution is 0.144. The zero-order valence-corrected chi connectivity index (χ0v) is 20.9. The van der Waals surface area contributed by atoms with E-state index in [1.165, 1.54) is 11.3 Å². The first kappa shape index (κ1) is 23.7. The number of rotatable bonds is 7. The average molecular weight is 491 g/mol. The molecule has 1 unspecified atom stereocenters. The molecule has 0 bridgehead atoms. The number of aryl methyl sites for hydroxylation is 1. The average Bonchev–Trinajstić information content (AvgIpc) is 3.33. The molecule has 0 aliphatic carbocycles. The Labute approximate surface area is 208 Å². The monoisotopic (exact) mass is 490 g/mol. The lowest BCUT2D eigenvalue weighted by atomic mass is 10.1. The Bertz CT molecular complexity index is 1330. The van der Waals surface area contributed by atoms with Crippen LogP contribution in [-0.2, 0) is 15.8 Å². The van der Waals surface area contributed by atoms with E-state index in [0.717, 1.165) is 67.4 Å². The molecular weight excluding hydrogens is 460 g/mol. The van der Waals surface area contributed by atoms with E-state index in [9.17, 15) is 8.76 Å². The second-order valence-corrected chi connectivity index (χ2v) is 9.88. The summed E-state index contributed by atoms with van der Waals surface area (Å²) < 4.78 is 27.8. The van der Waals surface area contributed by atoms with Crippen LogP contribution in [0.5, 0.6) is 0 Å². The van der Waals surface area contributed by atoms with Crippen molar-refractivity contribution in [1.82, 2.24) is 14.3 Å². The zero-order valence-electron chi connectivity index (χ0n) is 20.1. The molecule has 0 radical (unpaired) electrons. The number of hydrogen-bond acceptors (Lipinski definition) is 5. The molecule has 1 aliphatic rings. The number of aromatic nitrogens is 2. The van der Waals surface area contributed by atoms with Crippen molar-refractivity contribution in [3.63, 3.8) is 0 Å². The lowest BCUT2D eigenvalue weighted by Crippen LogP contribution is -2.47. The summed E-state index contributed by atoms with van der Waals surface area (Å²) in [4.78, 5) is 10.1. The first-order valence-corrected chi connectivity index (χ1v) is 12.9. The zero-order chi connectivity index (χ0) is 24.4. The third-order valence-electron chi connectivity index (χ3n) is 6.64. The van der Waals surface area contributed by atoms with E-state index in [0.29, 0.717) is 4.90 Å². The highest BCUT2D eigenvalue weighted by molar-refractivity contribution is 7.79. The molecule has 0 saturated carbocycles. The minimum absolute atomic E-state index is 0.382. The van der Waals surface area contributed by atoms with Gasteiger partial charge in [0, 0.05) is 63.5 Å². The Hall–Kier alpha value is -3.04. The number of pyridine rings is 1. The van der Waals surface area contributed by atoms with Crippen molar-refractivity contribution in [3.8, 4) is 22.4 Å². The number of ether oxygens (including phenoxy) is 1. The number of methoxy groups -OCH3 is 1. The van der Waals surface area contributed by atoms with Gasteiger partial charge in [0.2, 0.25) is 0 Å². The van der Waals surface area contributed by atoms with E-state index in [-0.39, 0.29) is 0 Å². The van der Waals surface area contributed by atoms with Gasteiger partial charge in [-0.2, -0.15) is 0 Å². The van der Waals surface area contributed by atoms with E-state index in [1.807, 2.05) is 18.3 Å². The van der Waals surface area contributed by atoms with E-state index in [1.54, 1.807) is 19.2 Å². The van der Waals surface area contributed by atoms with Crippen LogP contribution in [0.25, 0.3) is 28.0 Å². The number of benzene rings is 2. The molecule has 8 heteroatoms. The van der Waals surface area contributed by atoms with Gasteiger partial charge in [-0.3, -0.25) is 4.90 Å². The number of anilines is 1. The highest BCUT2D eigenvalue weighted by Crippen LogP contribution is 2.28. The van der Waals surface area contributed by atoms with Crippen LogP contribution in [0.3, 0.4) is 0 Å². The number of hydrogen-bond donors (Lipinski definition) is 1. The molecule has 1 aliphatic heterocycles. The highest BCUT2D eigenvalue weighted by Gasteiger charge is 2.17. The van der Waals surface area contributed by atoms with Crippen LogP contribution >= 0.6 is 0 Å². The smallest absolute Gasteiger partial charge is 0.186 e. The van der Waals surface area contributed by atoms with Crippen LogP contribution in [0.1, 0.15) is 5.56 Å². The fourth-order valence-electron chi connectivity index (χ4n) is 4.62. The quantitative estimate of drug-likeness (QED) is 0.389. The molecule has 0 amide bonds. The molecule has 5 rings (SSSR count). The van der Waals surface area contributed by atoms with Crippen molar-refractivity contribution < 1.29 is 13.5 Å². The van der Waals surface area contributed by atoms with Gasteiger partial charge in [-0.1, -0.05) is 24.3 Å². The van der Waals surface area contributed by atoms with E-state index < -0.39 is 11.1 Å². The van der Waals surface area contributed by atoms with Gasteiger partial charge < -0.3 is 18.6 Å². The normalized spacial score (nSPS) is 15.6. The van der Waals surface area contributed by atoms with Crippen molar-refractivity contribution in [2.24, 2.45) is 0 Å². The molecule has 1 atom stereocenters. The van der Waals surface area contributed by atoms with Gasteiger partial charge in [0.15, 0.2) is 11.1 Å². The van der Waals surface area contributed by atoms with Crippen molar-refractivity contribution in [2.45, 2.75) is 11.8 Å². The summed E-state index contributed by atoms with van der Waals surface area (Å²) in [7, 11) is 1.76. The van der Waals surface area contributed by atoms with E-state index in [4.69, 9.17) is 9.72 Å². The van der Waals surface area contributed by atoms with Crippen LogP contribution in [0, 0.1) is 6.92 Å². The molecule has 0 spiro atoms. The topological polar surface area (TPSA) is 70.3 Å². The fraction of sp³-hybridized carbons (Fsp3) is 0.296. The SMILES string of the molecule is COCCN1CCN(c2ccc(-c3cc(C)c4nc(-c5ccc(S(=O)O)cc5)cn4c3)cc2)CC1. The fourth-order valence-corrected chi connectivity index (χ4v) is 4.99. The predicted octanol–water partition coefficient (Wildman–Crippen LogP) is 4.33. The van der Waals surface area contributed by atoms with Crippen LogP contribution in [0.2, 0.25) is 0 Å². The summed E-state index contributed by atoms with van der Waals surface area (Å²) in [5.74, 6) is 0. The minimum atomic E-state index is -1.98. The number of fused-ring (bicyclic) bond motifs is 1. The van der Waals surface area contributed by atoms with Crippen molar-refractivity contribution in [3.05, 3.63) is 72.6 Å². The third-order valence-corrected chi connectivity index (χ3v) is 7.31. The second kappa shape index (κ2) is 10.3. The highest BCUT2D eigenvalue weighted by atomic mass is 32.2. The molecule has 3 heterocycles. The van der Waals surface area contributed by atoms with Gasteiger partial charge in [-0.25, -0.2) is 9.19 Å². The summed E-state index contributed by atoms with van der Waals surface area (Å²) in [6.45, 7) is 8.04. The Kier molecular flexibility index (Phi) is 6.97. The summed E-state index contributed by atoms with van der Waals surface area (Å²) >= 11 is -1.98. The second-order valence-electron chi connectivity index (χ2n) is 8.91. The largest absolute Gasteiger partial charge is 0.383 e. The molecule has 7 nitrogen and oxygen atoms in total. The predicted molar refractivity (Wildman–Crippen MR) is 140 cm³/mol. The molecule has 35 heavy (non-hydrogen) atoms. The van der Waals surface area contributed by atoms with Gasteiger partial charge >= 0.3 is 0 Å². The summed E-state index contributed by atoms with van der Waals surface area (Å²) in [5, 5.41) is 0. The molecular formula is C27H30N4O3S. The Morgan fingerprint density at radius 1 is 0.943 bits per heavy atom. The summed E-state index contributed by atoms with van der Waals surface area (Å²) in [6, 6.07) is 18.0. The van der Waals surface area contributed by atoms with Gasteiger partial charge in [0.05, 0.1) is 17.2 Å². The van der Waals surface area contributed by atoms with E-state index >= 15 is 0 Å². The van der Waals surface area contributed by atoms with Crippen LogP contribution in [0.15, 0.2) is 71.9 Å². The standard InChI is InChI=1S/C27H30N4O3S/c1-20-17-23(18-31-19-26(28-27(20)31)22-5-9-25(10-6-22)35(32)33)21-3-7-24(8-4-21)30-13-11-29(12-14-30)15-16-34-2/h3-10,17-19H,11-16H2,1-2H3,(H,32,33). The minimum Gasteiger partial charge on any atom is -0.383 e. The lowest BCUT2D eigenvalue weighted by Gasteiger charge is -2.36. The number of piperazine rings is 1. The maximum absolute atomic E-state index is 11.2. The molecule has 2 aromatic heterocycles. The van der Waals surface area contributed by atoms with Crippen molar-refractivity contribution in [1.29, 1.82) is 0 Å². The van der Waals surface area contributed by atoms with E-state index in [2.05, 4.69) is 57.7 Å². The molecule has 182 valence electrons. The van der Waals surface area contributed by atoms with Gasteiger partial charge in [-0.15, -0.1) is 0 Å². The van der Waals surface area contributed by atoms with Crippen molar-refractivity contribution >= 4 is 22.4 Å². The molecule has 2 aromatic carbocycles. The molecule has 1 N–H and O–H groups in total. The number of nitrogens with zero attached hydrogens (tertiary/aromatic N) is 4.